The zero-order valence-corrected chi connectivity index (χ0v) is 7.61. The fourth-order valence-corrected chi connectivity index (χ4v) is 0.801. The van der Waals surface area contributed by atoms with E-state index in [1.807, 2.05) is 6.07 Å². The molecule has 3 heteroatoms. The maximum Gasteiger partial charge on any atom is 0.392 e. The molecule has 14 heavy (non-hydrogen) atoms. The topological polar surface area (TPSA) is 43.4 Å². The predicted molar refractivity (Wildman–Crippen MR) is 50.1 cm³/mol. The van der Waals surface area contributed by atoms with Crippen molar-refractivity contribution in [1.82, 2.24) is 0 Å². The van der Waals surface area contributed by atoms with Gasteiger partial charge < -0.3 is 4.74 Å². The lowest BCUT2D eigenvalue weighted by Gasteiger charge is -1.89. The third-order valence-corrected chi connectivity index (χ3v) is 1.32. The van der Waals surface area contributed by atoms with Crippen LogP contribution in [0.25, 0.3) is 0 Å². The van der Waals surface area contributed by atoms with Crippen molar-refractivity contribution in [3.63, 3.8) is 0 Å². The van der Waals surface area contributed by atoms with Crippen LogP contribution in [0.5, 0.6) is 0 Å². The van der Waals surface area contributed by atoms with Crippen molar-refractivity contribution in [3.05, 3.63) is 35.9 Å². The molecule has 0 aliphatic rings. The van der Waals surface area contributed by atoms with Crippen molar-refractivity contribution in [3.8, 4) is 11.8 Å². The first kappa shape index (κ1) is 10.0. The molecule has 1 aromatic carbocycles. The van der Waals surface area contributed by atoms with Gasteiger partial charge >= 0.3 is 11.9 Å². The lowest BCUT2D eigenvalue weighted by atomic mass is 10.2. The van der Waals surface area contributed by atoms with Crippen LogP contribution in [0.2, 0.25) is 0 Å². The van der Waals surface area contributed by atoms with Gasteiger partial charge in [-0.3, -0.25) is 4.79 Å². The Kier molecular flexibility index (Phi) is 3.45. The number of esters is 2. The van der Waals surface area contributed by atoms with Gasteiger partial charge in [-0.05, 0) is 12.1 Å². The number of hydrogen-bond acceptors (Lipinski definition) is 3. The molecule has 1 rings (SSSR count). The fourth-order valence-electron chi connectivity index (χ4n) is 0.801. The van der Waals surface area contributed by atoms with Gasteiger partial charge in [-0.15, -0.1) is 0 Å². The lowest BCUT2D eigenvalue weighted by Crippen LogP contribution is -2.05. The van der Waals surface area contributed by atoms with Crippen LogP contribution >= 0.6 is 0 Å². The molecule has 0 amide bonds. The van der Waals surface area contributed by atoms with E-state index in [0.29, 0.717) is 5.56 Å². The van der Waals surface area contributed by atoms with Gasteiger partial charge in [0, 0.05) is 18.4 Å². The van der Waals surface area contributed by atoms with Crippen molar-refractivity contribution in [2.75, 3.05) is 0 Å². The second-order valence-electron chi connectivity index (χ2n) is 2.50. The Balaban J connectivity index is 2.65. The third kappa shape index (κ3) is 3.55. The first-order valence-electron chi connectivity index (χ1n) is 3.98. The van der Waals surface area contributed by atoms with E-state index in [0.717, 1.165) is 6.92 Å². The first-order chi connectivity index (χ1) is 6.68. The van der Waals surface area contributed by atoms with Gasteiger partial charge in [-0.1, -0.05) is 24.1 Å². The second-order valence-corrected chi connectivity index (χ2v) is 2.50. The molecule has 0 aliphatic heterocycles. The molecule has 0 atom stereocenters. The number of hydrogen-bond donors (Lipinski definition) is 0. The summed E-state index contributed by atoms with van der Waals surface area (Å²) in [5, 5.41) is 0. The Morgan fingerprint density at radius 2 is 1.86 bits per heavy atom. The molecule has 0 N–H and O–H groups in total. The average molecular weight is 188 g/mol. The van der Waals surface area contributed by atoms with E-state index >= 15 is 0 Å². The molecule has 0 unspecified atom stereocenters. The maximum atomic E-state index is 10.8. The van der Waals surface area contributed by atoms with Crippen molar-refractivity contribution in [2.24, 2.45) is 0 Å². The summed E-state index contributed by atoms with van der Waals surface area (Å²) >= 11 is 0. The summed E-state index contributed by atoms with van der Waals surface area (Å²) in [5.74, 6) is 3.28. The van der Waals surface area contributed by atoms with Crippen LogP contribution in [0.1, 0.15) is 12.5 Å². The van der Waals surface area contributed by atoms with E-state index in [1.54, 1.807) is 24.3 Å². The van der Waals surface area contributed by atoms with Crippen molar-refractivity contribution in [2.45, 2.75) is 6.92 Å². The van der Waals surface area contributed by atoms with Crippen molar-refractivity contribution >= 4 is 11.9 Å². The summed E-state index contributed by atoms with van der Waals surface area (Å²) in [5.41, 5.74) is 0.702. The quantitative estimate of drug-likeness (QED) is 0.348. The summed E-state index contributed by atoms with van der Waals surface area (Å²) < 4.78 is 4.22. The Labute approximate surface area is 81.7 Å². The van der Waals surface area contributed by atoms with Crippen LogP contribution in [-0.4, -0.2) is 11.9 Å². The highest BCUT2D eigenvalue weighted by Gasteiger charge is 1.99. The highest BCUT2D eigenvalue weighted by Crippen LogP contribution is 1.94. The maximum absolute atomic E-state index is 10.8. The van der Waals surface area contributed by atoms with Gasteiger partial charge in [-0.25, -0.2) is 4.79 Å². The van der Waals surface area contributed by atoms with Crippen LogP contribution < -0.4 is 0 Å². The second kappa shape index (κ2) is 4.83. The highest BCUT2D eigenvalue weighted by molar-refractivity contribution is 5.96. The molecule has 0 fully saturated rings. The molecule has 70 valence electrons. The van der Waals surface area contributed by atoms with Crippen molar-refractivity contribution in [1.29, 1.82) is 0 Å². The molecule has 0 aromatic heterocycles. The Morgan fingerprint density at radius 3 is 2.43 bits per heavy atom. The average Bonchev–Trinajstić information content (AvgIpc) is 2.15. The van der Waals surface area contributed by atoms with Crippen LogP contribution in [0.15, 0.2) is 30.3 Å². The van der Waals surface area contributed by atoms with Gasteiger partial charge in [0.15, 0.2) is 0 Å². The molecule has 3 nitrogen and oxygen atoms in total. The van der Waals surface area contributed by atoms with Crippen LogP contribution in [0, 0.1) is 11.8 Å². The van der Waals surface area contributed by atoms with Crippen molar-refractivity contribution < 1.29 is 14.3 Å². The summed E-state index contributed by atoms with van der Waals surface area (Å²) in [4.78, 5) is 21.2. The summed E-state index contributed by atoms with van der Waals surface area (Å²) in [6.07, 6.45) is 0. The van der Waals surface area contributed by atoms with E-state index in [9.17, 15) is 9.59 Å². The minimum atomic E-state index is -0.832. The molecule has 0 aliphatic carbocycles. The van der Waals surface area contributed by atoms with Crippen LogP contribution in [0.3, 0.4) is 0 Å². The van der Waals surface area contributed by atoms with Gasteiger partial charge in [0.25, 0.3) is 0 Å². The largest absolute Gasteiger partial charge is 0.392 e. The molecular weight excluding hydrogens is 180 g/mol. The van der Waals surface area contributed by atoms with Gasteiger partial charge in [-0.2, -0.15) is 0 Å². The number of carbonyl (C=O) groups excluding carboxylic acids is 2. The molecule has 0 saturated carbocycles. The van der Waals surface area contributed by atoms with E-state index in [2.05, 4.69) is 16.6 Å². The molecular formula is C11H8O3. The molecule has 0 radical (unpaired) electrons. The minimum absolute atomic E-state index is 0.655. The zero-order chi connectivity index (χ0) is 10.4. The molecule has 0 heterocycles. The predicted octanol–water partition coefficient (Wildman–Crippen LogP) is 1.13. The highest BCUT2D eigenvalue weighted by atomic mass is 16.6. The monoisotopic (exact) mass is 188 g/mol. The number of benzene rings is 1. The fraction of sp³-hybridized carbons (Fsp3) is 0.0909. The molecule has 1 aromatic rings. The van der Waals surface area contributed by atoms with Crippen LogP contribution in [-0.2, 0) is 14.3 Å². The third-order valence-electron chi connectivity index (χ3n) is 1.32. The molecule has 0 spiro atoms. The molecule has 0 saturated heterocycles. The van der Waals surface area contributed by atoms with Gasteiger partial charge in [0.05, 0.1) is 0 Å². The Morgan fingerprint density at radius 1 is 1.21 bits per heavy atom. The van der Waals surface area contributed by atoms with Gasteiger partial charge in [0.1, 0.15) is 0 Å². The van der Waals surface area contributed by atoms with E-state index in [4.69, 9.17) is 0 Å². The Hall–Kier alpha value is -2.08. The Bertz CT molecular complexity index is 396. The minimum Gasteiger partial charge on any atom is -0.383 e. The normalized spacial score (nSPS) is 8.36. The van der Waals surface area contributed by atoms with Crippen LogP contribution in [0.4, 0.5) is 0 Å². The van der Waals surface area contributed by atoms with E-state index in [1.165, 1.54) is 0 Å². The summed E-state index contributed by atoms with van der Waals surface area (Å²) in [6, 6.07) is 8.97. The number of ether oxygens (including phenoxy) is 1. The molecule has 0 bridgehead atoms. The van der Waals surface area contributed by atoms with E-state index < -0.39 is 11.9 Å². The standard InChI is InChI=1S/C11H8O3/c1-9(12)14-11(13)8-7-10-5-3-2-4-6-10/h2-6H,1H3. The lowest BCUT2D eigenvalue weighted by molar-refractivity contribution is -0.153. The summed E-state index contributed by atoms with van der Waals surface area (Å²) in [7, 11) is 0. The first-order valence-corrected chi connectivity index (χ1v) is 3.98. The smallest absolute Gasteiger partial charge is 0.383 e. The van der Waals surface area contributed by atoms with E-state index in [-0.39, 0.29) is 0 Å². The zero-order valence-electron chi connectivity index (χ0n) is 7.61. The number of rotatable bonds is 0. The number of carbonyl (C=O) groups is 2. The SMILES string of the molecule is CC(=O)OC(=O)C#Cc1ccccc1. The summed E-state index contributed by atoms with van der Waals surface area (Å²) in [6.45, 7) is 1.15. The van der Waals surface area contributed by atoms with Gasteiger partial charge in [0.2, 0.25) is 0 Å².